The van der Waals surface area contributed by atoms with Crippen molar-refractivity contribution < 1.29 is 0 Å². The zero-order valence-corrected chi connectivity index (χ0v) is 18.3. The van der Waals surface area contributed by atoms with E-state index in [-0.39, 0.29) is 0 Å². The predicted molar refractivity (Wildman–Crippen MR) is 125 cm³/mol. The summed E-state index contributed by atoms with van der Waals surface area (Å²) in [5, 5.41) is 20.4. The number of aromatic nitrogens is 5. The molecule has 7 heteroatoms. The molecule has 0 saturated carbocycles. The third-order valence-electron chi connectivity index (χ3n) is 5.42. The number of nitrogens with one attached hydrogen (secondary N) is 2. The molecular weight excluding hydrogens is 386 g/mol. The predicted octanol–water partition coefficient (Wildman–Crippen LogP) is 3.77. The molecule has 1 saturated heterocycles. The molecule has 1 atom stereocenters. The number of piperazine rings is 1. The maximum atomic E-state index is 4.74. The van der Waals surface area contributed by atoms with Crippen molar-refractivity contribution in [2.75, 3.05) is 24.5 Å². The molecule has 4 aromatic rings. The maximum absolute atomic E-state index is 4.74. The van der Waals surface area contributed by atoms with Gasteiger partial charge in [0.25, 0.3) is 0 Å². The molecule has 0 amide bonds. The number of aryl methyl sites for hydroxylation is 2. The fraction of sp³-hybridized carbons (Fsp3) is 0.333. The summed E-state index contributed by atoms with van der Waals surface area (Å²) in [5.41, 5.74) is 4.39. The fourth-order valence-corrected chi connectivity index (χ4v) is 3.72. The summed E-state index contributed by atoms with van der Waals surface area (Å²) in [6.07, 6.45) is 2.66. The van der Waals surface area contributed by atoms with Crippen LogP contribution in [-0.2, 0) is 6.42 Å². The molecule has 1 fully saturated rings. The first kappa shape index (κ1) is 20.9. The smallest absolute Gasteiger partial charge is 0.183 e. The van der Waals surface area contributed by atoms with Crippen molar-refractivity contribution in [2.24, 2.45) is 0 Å². The molecule has 0 aliphatic carbocycles. The summed E-state index contributed by atoms with van der Waals surface area (Å²) >= 11 is 0. The minimum absolute atomic E-state index is 0.451. The largest absolute Gasteiger partial charge is 0.352 e. The van der Waals surface area contributed by atoms with Crippen LogP contribution in [0.4, 0.5) is 5.82 Å². The summed E-state index contributed by atoms with van der Waals surface area (Å²) in [6.45, 7) is 9.20. The zero-order valence-electron chi connectivity index (χ0n) is 18.3. The monoisotopic (exact) mass is 415 g/mol. The molecule has 7 nitrogen and oxygen atoms in total. The van der Waals surface area contributed by atoms with Crippen molar-refractivity contribution in [2.45, 2.75) is 33.2 Å². The molecule has 2 aromatic carbocycles. The van der Waals surface area contributed by atoms with Gasteiger partial charge in [-0.2, -0.15) is 10.2 Å². The Hall–Kier alpha value is -3.32. The summed E-state index contributed by atoms with van der Waals surface area (Å²) in [7, 11) is 0. The van der Waals surface area contributed by atoms with Crippen LogP contribution >= 0.6 is 0 Å². The number of H-pyrrole nitrogens is 1. The second-order valence-electron chi connectivity index (χ2n) is 7.88. The van der Waals surface area contributed by atoms with Crippen LogP contribution in [-0.4, -0.2) is 51.1 Å². The first-order chi connectivity index (χ1) is 15.1. The SMILES string of the molecule is CCc1[nH]nc2ccc(-c3nncc(N4CCN[C@@H](C)C4)n3)cc12.Cc1ccccc1. The number of anilines is 1. The van der Waals surface area contributed by atoms with E-state index in [1.54, 1.807) is 6.20 Å². The van der Waals surface area contributed by atoms with Gasteiger partial charge in [-0.15, -0.1) is 5.10 Å². The lowest BCUT2D eigenvalue weighted by Gasteiger charge is -2.32. The Bertz CT molecular complexity index is 1120. The average Bonchev–Trinajstić information content (AvgIpc) is 3.22. The van der Waals surface area contributed by atoms with Crippen molar-refractivity contribution in [3.63, 3.8) is 0 Å². The summed E-state index contributed by atoms with van der Waals surface area (Å²) < 4.78 is 0. The summed E-state index contributed by atoms with van der Waals surface area (Å²) in [4.78, 5) is 7.00. The Morgan fingerprint density at radius 3 is 2.68 bits per heavy atom. The number of aromatic amines is 1. The van der Waals surface area contributed by atoms with Gasteiger partial charge in [-0.1, -0.05) is 42.8 Å². The quantitative estimate of drug-likeness (QED) is 0.530. The van der Waals surface area contributed by atoms with Gasteiger partial charge >= 0.3 is 0 Å². The minimum Gasteiger partial charge on any atom is -0.352 e. The molecule has 1 aliphatic rings. The van der Waals surface area contributed by atoms with Gasteiger partial charge in [-0.25, -0.2) is 4.98 Å². The van der Waals surface area contributed by atoms with E-state index in [0.29, 0.717) is 11.9 Å². The number of hydrogen-bond donors (Lipinski definition) is 2. The van der Waals surface area contributed by atoms with E-state index in [1.165, 1.54) is 5.56 Å². The van der Waals surface area contributed by atoms with E-state index in [2.05, 4.69) is 69.6 Å². The van der Waals surface area contributed by atoms with E-state index >= 15 is 0 Å². The molecule has 160 valence electrons. The van der Waals surface area contributed by atoms with Crippen molar-refractivity contribution in [3.05, 3.63) is 66.0 Å². The van der Waals surface area contributed by atoms with Gasteiger partial charge in [0.05, 0.1) is 11.7 Å². The molecule has 5 rings (SSSR count). The molecule has 0 radical (unpaired) electrons. The van der Waals surface area contributed by atoms with Gasteiger partial charge < -0.3 is 10.2 Å². The van der Waals surface area contributed by atoms with Gasteiger partial charge in [0.2, 0.25) is 0 Å². The van der Waals surface area contributed by atoms with E-state index in [9.17, 15) is 0 Å². The zero-order chi connectivity index (χ0) is 21.6. The molecule has 0 unspecified atom stereocenters. The summed E-state index contributed by atoms with van der Waals surface area (Å²) in [5.74, 6) is 1.54. The number of nitrogens with zero attached hydrogens (tertiary/aromatic N) is 5. The van der Waals surface area contributed by atoms with Crippen molar-refractivity contribution in [1.82, 2.24) is 30.7 Å². The van der Waals surface area contributed by atoms with Gasteiger partial charge in [0, 0.05) is 42.3 Å². The highest BCUT2D eigenvalue weighted by molar-refractivity contribution is 5.85. The van der Waals surface area contributed by atoms with Crippen LogP contribution in [0.3, 0.4) is 0 Å². The highest BCUT2D eigenvalue weighted by Crippen LogP contribution is 2.24. The second-order valence-corrected chi connectivity index (χ2v) is 7.88. The minimum atomic E-state index is 0.451. The molecule has 2 N–H and O–H groups in total. The first-order valence-electron chi connectivity index (χ1n) is 10.8. The number of benzene rings is 2. The highest BCUT2D eigenvalue weighted by Gasteiger charge is 2.18. The van der Waals surface area contributed by atoms with Gasteiger partial charge in [0.15, 0.2) is 11.6 Å². The maximum Gasteiger partial charge on any atom is 0.183 e. The fourth-order valence-electron chi connectivity index (χ4n) is 3.72. The Labute approximate surface area is 182 Å². The lowest BCUT2D eigenvalue weighted by molar-refractivity contribution is 0.481. The van der Waals surface area contributed by atoms with Crippen LogP contribution in [0.15, 0.2) is 54.7 Å². The van der Waals surface area contributed by atoms with Crippen molar-refractivity contribution in [3.8, 4) is 11.4 Å². The number of hydrogen-bond acceptors (Lipinski definition) is 6. The Morgan fingerprint density at radius 1 is 1.13 bits per heavy atom. The number of fused-ring (bicyclic) bond motifs is 1. The van der Waals surface area contributed by atoms with E-state index in [4.69, 9.17) is 4.98 Å². The Morgan fingerprint density at radius 2 is 1.97 bits per heavy atom. The normalized spacial score (nSPS) is 16.1. The van der Waals surface area contributed by atoms with Gasteiger partial charge in [-0.05, 0) is 38.5 Å². The Kier molecular flexibility index (Phi) is 6.52. The van der Waals surface area contributed by atoms with Crippen LogP contribution in [0.25, 0.3) is 22.3 Å². The van der Waals surface area contributed by atoms with Crippen LogP contribution < -0.4 is 10.2 Å². The van der Waals surface area contributed by atoms with Crippen molar-refractivity contribution in [1.29, 1.82) is 0 Å². The molecule has 2 aromatic heterocycles. The Balaban J connectivity index is 0.000000282. The molecule has 0 bridgehead atoms. The third-order valence-corrected chi connectivity index (χ3v) is 5.42. The van der Waals surface area contributed by atoms with Crippen LogP contribution in [0, 0.1) is 6.92 Å². The van der Waals surface area contributed by atoms with Crippen LogP contribution in [0.1, 0.15) is 25.1 Å². The summed E-state index contributed by atoms with van der Waals surface area (Å²) in [6, 6.07) is 16.8. The van der Waals surface area contributed by atoms with E-state index in [1.807, 2.05) is 30.3 Å². The lowest BCUT2D eigenvalue weighted by atomic mass is 10.1. The molecule has 3 heterocycles. The molecule has 0 spiro atoms. The second kappa shape index (κ2) is 9.66. The standard InChI is InChI=1S/C17H21N7.C7H8/c1-3-14-13-8-12(4-5-15(13)22-21-14)17-20-16(9-19-23-17)24-7-6-18-11(2)10-24;1-7-5-3-2-4-6-7/h4-5,8-9,11,18H,3,6-7,10H2,1-2H3,(H,21,22);2-6H,1H3/t11-;/m0./s1. The topological polar surface area (TPSA) is 82.6 Å². The van der Waals surface area contributed by atoms with Gasteiger partial charge in [-0.3, -0.25) is 5.10 Å². The average molecular weight is 416 g/mol. The third kappa shape index (κ3) is 5.06. The first-order valence-corrected chi connectivity index (χ1v) is 10.8. The van der Waals surface area contributed by atoms with Crippen LogP contribution in [0.5, 0.6) is 0 Å². The van der Waals surface area contributed by atoms with Gasteiger partial charge in [0.1, 0.15) is 0 Å². The highest BCUT2D eigenvalue weighted by atomic mass is 15.3. The van der Waals surface area contributed by atoms with Crippen molar-refractivity contribution >= 4 is 16.7 Å². The van der Waals surface area contributed by atoms with Crippen LogP contribution in [0.2, 0.25) is 0 Å². The number of rotatable bonds is 3. The van der Waals surface area contributed by atoms with E-state index in [0.717, 1.165) is 54.0 Å². The molecular formula is C24H29N7. The lowest BCUT2D eigenvalue weighted by Crippen LogP contribution is -2.49. The molecule has 31 heavy (non-hydrogen) atoms. The van der Waals surface area contributed by atoms with E-state index < -0.39 is 0 Å². The molecule has 1 aliphatic heterocycles.